The molecule has 0 bridgehead atoms. The summed E-state index contributed by atoms with van der Waals surface area (Å²) in [6.45, 7) is 0.248. The fourth-order valence-corrected chi connectivity index (χ4v) is 3.03. The smallest absolute Gasteiger partial charge is 0.269 e. The lowest BCUT2D eigenvalue weighted by atomic mass is 10.1. The molecular weight excluding hydrogens is 434 g/mol. The number of amides is 3. The number of hydrogen-bond donors (Lipinski definition) is 5. The maximum atomic E-state index is 12.3. The molecule has 3 aromatic rings. The number of carbonyl (C=O) groups excluding carboxylic acids is 3. The van der Waals surface area contributed by atoms with Crippen LogP contribution < -0.4 is 21.9 Å². The van der Waals surface area contributed by atoms with E-state index in [0.717, 1.165) is 11.1 Å². The molecule has 0 saturated heterocycles. The number of aryl methyl sites for hydroxylation is 1. The molecule has 0 unspecified atom stereocenters. The molecule has 0 fully saturated rings. The average molecular weight is 460 g/mol. The minimum atomic E-state index is -0.751. The monoisotopic (exact) mass is 459 g/mol. The Hall–Kier alpha value is -4.44. The molecule has 0 aliphatic heterocycles. The van der Waals surface area contributed by atoms with Crippen LogP contribution in [-0.2, 0) is 17.8 Å². The first kappa shape index (κ1) is 24.2. The van der Waals surface area contributed by atoms with E-state index >= 15 is 0 Å². The second kappa shape index (κ2) is 12.0. The number of rotatable bonds is 9. The van der Waals surface area contributed by atoms with Crippen molar-refractivity contribution in [2.45, 2.75) is 25.4 Å². The van der Waals surface area contributed by atoms with Gasteiger partial charge in [-0.05, 0) is 48.2 Å². The zero-order valence-electron chi connectivity index (χ0n) is 18.3. The highest BCUT2D eigenvalue weighted by molar-refractivity contribution is 5.96. The van der Waals surface area contributed by atoms with Gasteiger partial charge in [0.25, 0.3) is 17.7 Å². The van der Waals surface area contributed by atoms with Crippen LogP contribution in [0.1, 0.15) is 38.3 Å². The van der Waals surface area contributed by atoms with Crippen molar-refractivity contribution in [2.24, 2.45) is 10.8 Å². The Morgan fingerprint density at radius 1 is 0.882 bits per heavy atom. The van der Waals surface area contributed by atoms with Crippen molar-refractivity contribution in [3.8, 4) is 0 Å². The first-order chi connectivity index (χ1) is 16.5. The van der Waals surface area contributed by atoms with Crippen LogP contribution in [0.2, 0.25) is 0 Å². The summed E-state index contributed by atoms with van der Waals surface area (Å²) >= 11 is 0. The highest BCUT2D eigenvalue weighted by Gasteiger charge is 2.15. The summed E-state index contributed by atoms with van der Waals surface area (Å²) in [5, 5.41) is 5.93. The second-order valence-corrected chi connectivity index (χ2v) is 7.47. The van der Waals surface area contributed by atoms with Crippen molar-refractivity contribution >= 4 is 23.5 Å². The van der Waals surface area contributed by atoms with Gasteiger partial charge >= 0.3 is 0 Å². The summed E-state index contributed by atoms with van der Waals surface area (Å²) in [5.41, 5.74) is 20.1. The SMILES string of the molecule is N=Nc1ccc(C(=O)NCc2ccc(C(=O)NNC(=O)[C@H](N)CCc3ccccc3)cc2)cn1. The average Bonchev–Trinajstić information content (AvgIpc) is 2.89. The summed E-state index contributed by atoms with van der Waals surface area (Å²) in [4.78, 5) is 40.5. The van der Waals surface area contributed by atoms with Crippen molar-refractivity contribution < 1.29 is 14.4 Å². The molecule has 0 saturated carbocycles. The lowest BCUT2D eigenvalue weighted by molar-refractivity contribution is -0.123. The molecule has 0 radical (unpaired) electrons. The van der Waals surface area contributed by atoms with Crippen molar-refractivity contribution in [1.82, 2.24) is 21.2 Å². The van der Waals surface area contributed by atoms with E-state index in [2.05, 4.69) is 26.3 Å². The Morgan fingerprint density at radius 2 is 1.59 bits per heavy atom. The summed E-state index contributed by atoms with van der Waals surface area (Å²) in [7, 11) is 0. The van der Waals surface area contributed by atoms with Gasteiger partial charge in [0.1, 0.15) is 0 Å². The maximum Gasteiger partial charge on any atom is 0.269 e. The Balaban J connectivity index is 1.42. The molecule has 34 heavy (non-hydrogen) atoms. The molecule has 6 N–H and O–H groups in total. The highest BCUT2D eigenvalue weighted by atomic mass is 16.2. The van der Waals surface area contributed by atoms with Gasteiger partial charge in [0.2, 0.25) is 0 Å². The molecule has 1 atom stereocenters. The summed E-state index contributed by atoms with van der Waals surface area (Å²) in [6, 6.07) is 18.5. The van der Waals surface area contributed by atoms with Gasteiger partial charge in [-0.25, -0.2) is 10.5 Å². The van der Waals surface area contributed by atoms with E-state index in [1.54, 1.807) is 24.3 Å². The van der Waals surface area contributed by atoms with Crippen LogP contribution >= 0.6 is 0 Å². The molecule has 3 rings (SSSR count). The lowest BCUT2D eigenvalue weighted by Gasteiger charge is -2.13. The molecule has 1 aromatic heterocycles. The van der Waals surface area contributed by atoms with Gasteiger partial charge in [0.15, 0.2) is 5.82 Å². The number of pyridine rings is 1. The Morgan fingerprint density at radius 3 is 2.24 bits per heavy atom. The number of hydrogen-bond acceptors (Lipinski definition) is 7. The number of nitrogens with two attached hydrogens (primary N) is 1. The van der Waals surface area contributed by atoms with E-state index in [1.165, 1.54) is 18.3 Å². The van der Waals surface area contributed by atoms with E-state index in [-0.39, 0.29) is 18.3 Å². The molecular formula is C24H25N7O3. The van der Waals surface area contributed by atoms with Gasteiger partial charge in [-0.2, -0.15) is 0 Å². The van der Waals surface area contributed by atoms with Gasteiger partial charge in [0, 0.05) is 18.3 Å². The highest BCUT2D eigenvalue weighted by Crippen LogP contribution is 2.09. The largest absolute Gasteiger partial charge is 0.348 e. The Kier molecular flexibility index (Phi) is 8.53. The summed E-state index contributed by atoms with van der Waals surface area (Å²) in [6.07, 6.45) is 2.45. The van der Waals surface area contributed by atoms with E-state index in [4.69, 9.17) is 11.3 Å². The summed E-state index contributed by atoms with van der Waals surface area (Å²) in [5.74, 6) is -1.05. The fraction of sp³-hybridized carbons (Fsp3) is 0.167. The number of aromatic nitrogens is 1. The van der Waals surface area contributed by atoms with Crippen molar-refractivity contribution in [2.75, 3.05) is 0 Å². The Bertz CT molecular complexity index is 1130. The molecule has 0 spiro atoms. The van der Waals surface area contributed by atoms with Gasteiger partial charge < -0.3 is 11.1 Å². The fourth-order valence-electron chi connectivity index (χ4n) is 3.03. The van der Waals surface area contributed by atoms with Gasteiger partial charge in [-0.3, -0.25) is 25.2 Å². The van der Waals surface area contributed by atoms with Crippen LogP contribution in [0.5, 0.6) is 0 Å². The van der Waals surface area contributed by atoms with E-state index in [0.29, 0.717) is 24.0 Å². The molecule has 2 aromatic carbocycles. The molecule has 10 nitrogen and oxygen atoms in total. The minimum Gasteiger partial charge on any atom is -0.348 e. The zero-order valence-corrected chi connectivity index (χ0v) is 18.3. The van der Waals surface area contributed by atoms with Crippen LogP contribution in [0.25, 0.3) is 0 Å². The van der Waals surface area contributed by atoms with Crippen LogP contribution in [0, 0.1) is 5.53 Å². The maximum absolute atomic E-state index is 12.3. The normalized spacial score (nSPS) is 11.2. The number of benzene rings is 2. The van der Waals surface area contributed by atoms with Crippen LogP contribution in [0.15, 0.2) is 78.0 Å². The Labute approximate surface area is 196 Å². The molecule has 0 aliphatic carbocycles. The molecule has 10 heteroatoms. The van der Waals surface area contributed by atoms with Crippen LogP contribution in [0.4, 0.5) is 5.82 Å². The number of carbonyl (C=O) groups is 3. The molecule has 1 heterocycles. The predicted molar refractivity (Wildman–Crippen MR) is 125 cm³/mol. The standard InChI is InChI=1S/C24H25N7O3/c25-20(12-8-16-4-2-1-3-5-16)24(34)31-30-23(33)18-9-6-17(7-10-18)14-28-22(32)19-11-13-21(29-26)27-15-19/h1-7,9-11,13,15,20,26H,8,12,14,25H2,(H,28,32)(H,30,33)(H,31,34)/t20-/m1/s1. The predicted octanol–water partition coefficient (Wildman–Crippen LogP) is 2.40. The number of nitrogens with one attached hydrogen (secondary N) is 4. The zero-order chi connectivity index (χ0) is 24.3. The lowest BCUT2D eigenvalue weighted by Crippen LogP contribution is -2.49. The van der Waals surface area contributed by atoms with Crippen molar-refractivity contribution in [3.05, 3.63) is 95.2 Å². The molecule has 0 aliphatic rings. The van der Waals surface area contributed by atoms with Gasteiger partial charge in [-0.15, -0.1) is 5.11 Å². The van der Waals surface area contributed by atoms with E-state index in [9.17, 15) is 14.4 Å². The third-order valence-corrected chi connectivity index (χ3v) is 5.02. The van der Waals surface area contributed by atoms with Gasteiger partial charge in [0.05, 0.1) is 11.6 Å². The minimum absolute atomic E-state index is 0.218. The second-order valence-electron chi connectivity index (χ2n) is 7.47. The van der Waals surface area contributed by atoms with Crippen molar-refractivity contribution in [3.63, 3.8) is 0 Å². The first-order valence-corrected chi connectivity index (χ1v) is 10.6. The van der Waals surface area contributed by atoms with E-state index in [1.807, 2.05) is 30.3 Å². The van der Waals surface area contributed by atoms with Crippen LogP contribution in [0.3, 0.4) is 0 Å². The quantitative estimate of drug-likeness (QED) is 0.245. The molecule has 3 amide bonds. The molecule has 174 valence electrons. The van der Waals surface area contributed by atoms with Crippen LogP contribution in [-0.4, -0.2) is 28.7 Å². The summed E-state index contributed by atoms with van der Waals surface area (Å²) < 4.78 is 0. The van der Waals surface area contributed by atoms with Gasteiger partial charge in [-0.1, -0.05) is 42.5 Å². The number of hydrazine groups is 1. The number of nitrogens with zero attached hydrogens (tertiary/aromatic N) is 2. The first-order valence-electron chi connectivity index (χ1n) is 10.6. The third-order valence-electron chi connectivity index (χ3n) is 5.02. The third kappa shape index (κ3) is 7.04. The topological polar surface area (TPSA) is 162 Å². The van der Waals surface area contributed by atoms with Crippen molar-refractivity contribution in [1.29, 1.82) is 5.53 Å². The van der Waals surface area contributed by atoms with E-state index < -0.39 is 17.9 Å².